The summed E-state index contributed by atoms with van der Waals surface area (Å²) < 4.78 is 10.4. The Balaban J connectivity index is 1.62. The molecule has 1 unspecified atom stereocenters. The minimum atomic E-state index is -0.732. The third kappa shape index (κ3) is 6.39. The Morgan fingerprint density at radius 1 is 0.939 bits per heavy atom. The Morgan fingerprint density at radius 3 is 2.39 bits per heavy atom. The van der Waals surface area contributed by atoms with Gasteiger partial charge in [-0.15, -0.1) is 0 Å². The van der Waals surface area contributed by atoms with E-state index in [1.165, 1.54) is 12.3 Å². The summed E-state index contributed by atoms with van der Waals surface area (Å²) in [6.45, 7) is 3.45. The van der Waals surface area contributed by atoms with Crippen molar-refractivity contribution in [2.45, 2.75) is 19.9 Å². The SMILES string of the molecule is CCOc1ncccc1C(=O)OCC(=O)Nc1ccccc1C(=O)NC(C)c1ccccc1. The zero-order chi connectivity index (χ0) is 23.6. The highest BCUT2D eigenvalue weighted by atomic mass is 16.5. The molecule has 1 atom stereocenters. The largest absolute Gasteiger partial charge is 0.477 e. The van der Waals surface area contributed by atoms with E-state index in [9.17, 15) is 14.4 Å². The molecule has 170 valence electrons. The van der Waals surface area contributed by atoms with Crippen LogP contribution in [0, 0.1) is 0 Å². The van der Waals surface area contributed by atoms with Gasteiger partial charge >= 0.3 is 5.97 Å². The van der Waals surface area contributed by atoms with E-state index in [-0.39, 0.29) is 23.4 Å². The molecule has 2 amide bonds. The molecule has 0 radical (unpaired) electrons. The van der Waals surface area contributed by atoms with Crippen LogP contribution in [-0.4, -0.2) is 36.0 Å². The van der Waals surface area contributed by atoms with Crippen LogP contribution < -0.4 is 15.4 Å². The van der Waals surface area contributed by atoms with Crippen molar-refractivity contribution in [3.63, 3.8) is 0 Å². The van der Waals surface area contributed by atoms with Crippen LogP contribution in [0.1, 0.15) is 46.2 Å². The molecular weight excluding hydrogens is 422 g/mol. The van der Waals surface area contributed by atoms with Crippen molar-refractivity contribution in [3.8, 4) is 5.88 Å². The fourth-order valence-electron chi connectivity index (χ4n) is 3.08. The van der Waals surface area contributed by atoms with Crippen LogP contribution in [0.25, 0.3) is 0 Å². The standard InChI is InChI=1S/C25H25N3O5/c1-3-32-24-20(13-9-15-26-24)25(31)33-16-22(29)28-21-14-8-7-12-19(21)23(30)27-17(2)18-10-5-4-6-11-18/h4-15,17H,3,16H2,1-2H3,(H,27,30)(H,28,29). The van der Waals surface area contributed by atoms with Gasteiger partial charge in [0.2, 0.25) is 5.88 Å². The first-order valence-electron chi connectivity index (χ1n) is 10.5. The number of carbonyl (C=O) groups is 3. The van der Waals surface area contributed by atoms with Gasteiger partial charge in [0, 0.05) is 6.20 Å². The Labute approximate surface area is 191 Å². The summed E-state index contributed by atoms with van der Waals surface area (Å²) in [7, 11) is 0. The number of para-hydroxylation sites is 1. The lowest BCUT2D eigenvalue weighted by Crippen LogP contribution is -2.28. The zero-order valence-corrected chi connectivity index (χ0v) is 18.4. The average Bonchev–Trinajstić information content (AvgIpc) is 2.84. The number of carbonyl (C=O) groups excluding carboxylic acids is 3. The van der Waals surface area contributed by atoms with E-state index in [0.29, 0.717) is 17.9 Å². The molecule has 0 bridgehead atoms. The molecule has 0 aliphatic heterocycles. The van der Waals surface area contributed by atoms with E-state index in [0.717, 1.165) is 5.56 Å². The number of nitrogens with zero attached hydrogens (tertiary/aromatic N) is 1. The monoisotopic (exact) mass is 447 g/mol. The van der Waals surface area contributed by atoms with Crippen molar-refractivity contribution >= 4 is 23.5 Å². The summed E-state index contributed by atoms with van der Waals surface area (Å²) in [5.41, 5.74) is 1.70. The van der Waals surface area contributed by atoms with Crippen molar-refractivity contribution in [1.82, 2.24) is 10.3 Å². The molecule has 1 aromatic heterocycles. The first kappa shape index (κ1) is 23.5. The van der Waals surface area contributed by atoms with E-state index in [1.54, 1.807) is 37.3 Å². The van der Waals surface area contributed by atoms with Gasteiger partial charge in [-0.2, -0.15) is 0 Å². The normalized spacial score (nSPS) is 11.2. The van der Waals surface area contributed by atoms with Gasteiger partial charge in [0.25, 0.3) is 11.8 Å². The fourth-order valence-corrected chi connectivity index (χ4v) is 3.08. The highest BCUT2D eigenvalue weighted by molar-refractivity contribution is 6.04. The molecule has 0 aliphatic carbocycles. The number of rotatable bonds is 9. The lowest BCUT2D eigenvalue weighted by atomic mass is 10.1. The second-order valence-corrected chi connectivity index (χ2v) is 7.06. The van der Waals surface area contributed by atoms with E-state index in [2.05, 4.69) is 15.6 Å². The van der Waals surface area contributed by atoms with Gasteiger partial charge in [-0.1, -0.05) is 42.5 Å². The maximum atomic E-state index is 12.8. The molecule has 3 aromatic rings. The van der Waals surface area contributed by atoms with Crippen LogP contribution in [0.5, 0.6) is 5.88 Å². The zero-order valence-electron chi connectivity index (χ0n) is 18.4. The summed E-state index contributed by atoms with van der Waals surface area (Å²) in [5, 5.41) is 5.55. The average molecular weight is 447 g/mol. The van der Waals surface area contributed by atoms with Crippen LogP contribution in [0.4, 0.5) is 5.69 Å². The van der Waals surface area contributed by atoms with Gasteiger partial charge in [0.05, 0.1) is 23.9 Å². The van der Waals surface area contributed by atoms with E-state index in [1.807, 2.05) is 37.3 Å². The van der Waals surface area contributed by atoms with Crippen LogP contribution in [0.3, 0.4) is 0 Å². The molecule has 0 aliphatic rings. The molecule has 0 fully saturated rings. The number of hydrogen-bond donors (Lipinski definition) is 2. The van der Waals surface area contributed by atoms with Crippen LogP contribution in [0.15, 0.2) is 72.9 Å². The number of pyridine rings is 1. The molecular formula is C25H25N3O5. The molecule has 0 saturated carbocycles. The number of aromatic nitrogens is 1. The Hall–Kier alpha value is -4.20. The number of benzene rings is 2. The van der Waals surface area contributed by atoms with Gasteiger partial charge in [-0.3, -0.25) is 9.59 Å². The van der Waals surface area contributed by atoms with Crippen molar-refractivity contribution in [2.75, 3.05) is 18.5 Å². The molecule has 8 nitrogen and oxygen atoms in total. The number of ether oxygens (including phenoxy) is 2. The lowest BCUT2D eigenvalue weighted by molar-refractivity contribution is -0.119. The topological polar surface area (TPSA) is 107 Å². The van der Waals surface area contributed by atoms with Crippen molar-refractivity contribution < 1.29 is 23.9 Å². The van der Waals surface area contributed by atoms with Crippen molar-refractivity contribution in [2.24, 2.45) is 0 Å². The van der Waals surface area contributed by atoms with E-state index >= 15 is 0 Å². The van der Waals surface area contributed by atoms with Crippen LogP contribution in [0.2, 0.25) is 0 Å². The predicted molar refractivity (Wildman–Crippen MR) is 123 cm³/mol. The molecule has 1 heterocycles. The Kier molecular flexibility index (Phi) is 8.13. The van der Waals surface area contributed by atoms with Crippen molar-refractivity contribution in [3.05, 3.63) is 89.6 Å². The highest BCUT2D eigenvalue weighted by Crippen LogP contribution is 2.19. The van der Waals surface area contributed by atoms with E-state index < -0.39 is 18.5 Å². The van der Waals surface area contributed by atoms with E-state index in [4.69, 9.17) is 9.47 Å². The number of hydrogen-bond acceptors (Lipinski definition) is 6. The summed E-state index contributed by atoms with van der Waals surface area (Å²) in [5.74, 6) is -1.51. The van der Waals surface area contributed by atoms with Crippen LogP contribution >= 0.6 is 0 Å². The third-order valence-electron chi connectivity index (χ3n) is 4.70. The minimum Gasteiger partial charge on any atom is -0.477 e. The first-order chi connectivity index (χ1) is 16.0. The van der Waals surface area contributed by atoms with Gasteiger partial charge in [-0.05, 0) is 43.7 Å². The fraction of sp³-hybridized carbons (Fsp3) is 0.200. The summed E-state index contributed by atoms with van der Waals surface area (Å²) in [6, 6.07) is 19.0. The van der Waals surface area contributed by atoms with Gasteiger partial charge in [0.15, 0.2) is 6.61 Å². The maximum Gasteiger partial charge on any atom is 0.344 e. The molecule has 3 rings (SSSR count). The van der Waals surface area contributed by atoms with Gasteiger partial charge < -0.3 is 20.1 Å². The minimum absolute atomic E-state index is 0.127. The molecule has 2 N–H and O–H groups in total. The smallest absolute Gasteiger partial charge is 0.344 e. The summed E-state index contributed by atoms with van der Waals surface area (Å²) in [6.07, 6.45) is 1.50. The molecule has 0 saturated heterocycles. The molecule has 2 aromatic carbocycles. The van der Waals surface area contributed by atoms with Crippen LogP contribution in [-0.2, 0) is 9.53 Å². The molecule has 0 spiro atoms. The lowest BCUT2D eigenvalue weighted by Gasteiger charge is -2.16. The molecule has 33 heavy (non-hydrogen) atoms. The first-order valence-corrected chi connectivity index (χ1v) is 10.5. The summed E-state index contributed by atoms with van der Waals surface area (Å²) in [4.78, 5) is 41.6. The highest BCUT2D eigenvalue weighted by Gasteiger charge is 2.19. The Morgan fingerprint density at radius 2 is 1.64 bits per heavy atom. The number of esters is 1. The maximum absolute atomic E-state index is 12.8. The van der Waals surface area contributed by atoms with Gasteiger partial charge in [-0.25, -0.2) is 9.78 Å². The van der Waals surface area contributed by atoms with Gasteiger partial charge in [0.1, 0.15) is 5.56 Å². The quantitative estimate of drug-likeness (QED) is 0.484. The number of anilines is 1. The third-order valence-corrected chi connectivity index (χ3v) is 4.70. The number of amides is 2. The predicted octanol–water partition coefficient (Wildman–Crippen LogP) is 3.77. The molecule has 8 heteroatoms. The second kappa shape index (κ2) is 11.4. The summed E-state index contributed by atoms with van der Waals surface area (Å²) >= 11 is 0. The number of nitrogens with one attached hydrogen (secondary N) is 2. The Bertz CT molecular complexity index is 1120. The second-order valence-electron chi connectivity index (χ2n) is 7.06. The van der Waals surface area contributed by atoms with Crippen molar-refractivity contribution in [1.29, 1.82) is 0 Å².